The number of carboxylic acid groups (broad SMARTS) is 1. The zero-order valence-corrected chi connectivity index (χ0v) is 7.13. The number of aromatic amines is 1. The molecule has 0 radical (unpaired) electrons. The van der Waals surface area contributed by atoms with E-state index in [4.69, 9.17) is 5.11 Å². The maximum Gasteiger partial charge on any atom is 0.449 e. The quantitative estimate of drug-likeness (QED) is 0.759. The standard InChI is InChI=1S/C7H5F3N2O3/c8-7(9,10)6-11-3(2-5(14)15)1-4(13)12-6/h1H,2H2,(H,14,15)(H,11,12,13). The second-order valence-electron chi connectivity index (χ2n) is 2.65. The van der Waals surface area contributed by atoms with Crippen molar-refractivity contribution in [2.45, 2.75) is 12.6 Å². The van der Waals surface area contributed by atoms with Crippen molar-refractivity contribution in [2.24, 2.45) is 0 Å². The van der Waals surface area contributed by atoms with E-state index in [1.54, 1.807) is 0 Å². The Kier molecular flexibility index (Phi) is 2.78. The molecule has 1 rings (SSSR count). The molecule has 5 nitrogen and oxygen atoms in total. The Morgan fingerprint density at radius 2 is 2.13 bits per heavy atom. The van der Waals surface area contributed by atoms with Crippen LogP contribution in [0.4, 0.5) is 13.2 Å². The molecular formula is C7H5F3N2O3. The average molecular weight is 222 g/mol. The van der Waals surface area contributed by atoms with E-state index in [1.165, 1.54) is 4.98 Å². The van der Waals surface area contributed by atoms with Crippen LogP contribution in [0.2, 0.25) is 0 Å². The summed E-state index contributed by atoms with van der Waals surface area (Å²) in [7, 11) is 0. The molecule has 0 unspecified atom stereocenters. The van der Waals surface area contributed by atoms with Crippen LogP contribution in [-0.2, 0) is 17.4 Å². The van der Waals surface area contributed by atoms with Gasteiger partial charge in [-0.1, -0.05) is 0 Å². The number of carbonyl (C=O) groups is 1. The summed E-state index contributed by atoms with van der Waals surface area (Å²) in [6.45, 7) is 0. The first-order valence-electron chi connectivity index (χ1n) is 3.68. The van der Waals surface area contributed by atoms with Gasteiger partial charge in [0.1, 0.15) is 0 Å². The van der Waals surface area contributed by atoms with Crippen molar-refractivity contribution in [2.75, 3.05) is 0 Å². The van der Waals surface area contributed by atoms with E-state index >= 15 is 0 Å². The van der Waals surface area contributed by atoms with Gasteiger partial charge in [0.15, 0.2) is 0 Å². The Hall–Kier alpha value is -1.86. The van der Waals surface area contributed by atoms with Crippen molar-refractivity contribution in [3.63, 3.8) is 0 Å². The maximum absolute atomic E-state index is 12.1. The lowest BCUT2D eigenvalue weighted by Gasteiger charge is -2.05. The van der Waals surface area contributed by atoms with E-state index < -0.39 is 35.6 Å². The van der Waals surface area contributed by atoms with Crippen molar-refractivity contribution in [3.05, 3.63) is 27.9 Å². The van der Waals surface area contributed by atoms with Gasteiger partial charge in [0.25, 0.3) is 5.56 Å². The van der Waals surface area contributed by atoms with Gasteiger partial charge in [-0.25, -0.2) is 4.98 Å². The SMILES string of the molecule is O=C(O)Cc1cc(=O)[nH]c(C(F)(F)F)n1. The second kappa shape index (κ2) is 3.71. The first kappa shape index (κ1) is 11.2. The van der Waals surface area contributed by atoms with Crippen LogP contribution in [0.5, 0.6) is 0 Å². The van der Waals surface area contributed by atoms with Crippen LogP contribution in [0.25, 0.3) is 0 Å². The molecule has 0 aromatic carbocycles. The van der Waals surface area contributed by atoms with Crippen LogP contribution >= 0.6 is 0 Å². The van der Waals surface area contributed by atoms with E-state index in [2.05, 4.69) is 4.98 Å². The van der Waals surface area contributed by atoms with Gasteiger partial charge in [0.05, 0.1) is 12.1 Å². The number of H-pyrrole nitrogens is 1. The van der Waals surface area contributed by atoms with Crippen molar-refractivity contribution < 1.29 is 23.1 Å². The highest BCUT2D eigenvalue weighted by molar-refractivity contribution is 5.69. The fourth-order valence-corrected chi connectivity index (χ4v) is 0.888. The summed E-state index contributed by atoms with van der Waals surface area (Å²) in [6.07, 6.45) is -5.53. The van der Waals surface area contributed by atoms with E-state index in [0.29, 0.717) is 6.07 Å². The van der Waals surface area contributed by atoms with Crippen LogP contribution < -0.4 is 5.56 Å². The first-order valence-corrected chi connectivity index (χ1v) is 3.68. The summed E-state index contributed by atoms with van der Waals surface area (Å²) >= 11 is 0. The summed E-state index contributed by atoms with van der Waals surface area (Å²) in [5.41, 5.74) is -1.47. The minimum Gasteiger partial charge on any atom is -0.481 e. The van der Waals surface area contributed by atoms with Gasteiger partial charge in [0, 0.05) is 6.07 Å². The van der Waals surface area contributed by atoms with E-state index in [0.717, 1.165) is 0 Å². The number of nitrogens with one attached hydrogen (secondary N) is 1. The monoisotopic (exact) mass is 222 g/mol. The first-order chi connectivity index (χ1) is 6.79. The lowest BCUT2D eigenvalue weighted by molar-refractivity contribution is -0.145. The van der Waals surface area contributed by atoms with Crippen LogP contribution in [0, 0.1) is 0 Å². The smallest absolute Gasteiger partial charge is 0.449 e. The van der Waals surface area contributed by atoms with Crippen molar-refractivity contribution >= 4 is 5.97 Å². The molecule has 0 aliphatic heterocycles. The molecule has 0 bridgehead atoms. The zero-order valence-electron chi connectivity index (χ0n) is 7.13. The molecule has 0 atom stereocenters. The average Bonchev–Trinajstić information content (AvgIpc) is 1.99. The maximum atomic E-state index is 12.1. The largest absolute Gasteiger partial charge is 0.481 e. The molecule has 1 heterocycles. The topological polar surface area (TPSA) is 83.0 Å². The van der Waals surface area contributed by atoms with E-state index in [1.807, 2.05) is 0 Å². The Labute approximate surface area is 80.6 Å². The third-order valence-electron chi connectivity index (χ3n) is 1.40. The number of hydrogen-bond donors (Lipinski definition) is 2. The number of aliphatic carboxylic acids is 1. The number of carboxylic acids is 1. The predicted octanol–water partition coefficient (Wildman–Crippen LogP) is 0.416. The second-order valence-corrected chi connectivity index (χ2v) is 2.65. The Morgan fingerprint density at radius 3 is 2.60 bits per heavy atom. The molecule has 1 aromatic heterocycles. The Morgan fingerprint density at radius 1 is 1.53 bits per heavy atom. The molecule has 0 fully saturated rings. The molecule has 0 saturated carbocycles. The zero-order chi connectivity index (χ0) is 11.6. The van der Waals surface area contributed by atoms with Gasteiger partial charge in [-0.2, -0.15) is 13.2 Å². The fraction of sp³-hybridized carbons (Fsp3) is 0.286. The van der Waals surface area contributed by atoms with Crippen LogP contribution in [0.3, 0.4) is 0 Å². The summed E-state index contributed by atoms with van der Waals surface area (Å²) in [5, 5.41) is 8.32. The molecule has 0 saturated heterocycles. The summed E-state index contributed by atoms with van der Waals surface area (Å²) in [6, 6.07) is 0.712. The molecule has 0 aliphatic rings. The van der Waals surface area contributed by atoms with Crippen LogP contribution in [0.15, 0.2) is 10.9 Å². The Bertz CT molecular complexity index is 438. The van der Waals surface area contributed by atoms with Gasteiger partial charge in [-0.15, -0.1) is 0 Å². The molecule has 82 valence electrons. The van der Waals surface area contributed by atoms with Gasteiger partial charge >= 0.3 is 12.1 Å². The molecule has 1 aromatic rings. The normalized spacial score (nSPS) is 11.4. The Balaban J connectivity index is 3.17. The van der Waals surface area contributed by atoms with Crippen LogP contribution in [0.1, 0.15) is 11.5 Å². The predicted molar refractivity (Wildman–Crippen MR) is 41.2 cm³/mol. The highest BCUT2D eigenvalue weighted by atomic mass is 19.4. The summed E-state index contributed by atoms with van der Waals surface area (Å²) < 4.78 is 36.3. The number of rotatable bonds is 2. The molecule has 0 spiro atoms. The lowest BCUT2D eigenvalue weighted by atomic mass is 10.3. The van der Waals surface area contributed by atoms with Crippen molar-refractivity contribution in [1.29, 1.82) is 0 Å². The van der Waals surface area contributed by atoms with E-state index in [-0.39, 0.29) is 0 Å². The minimum atomic E-state index is -4.80. The highest BCUT2D eigenvalue weighted by Gasteiger charge is 2.34. The third kappa shape index (κ3) is 3.08. The van der Waals surface area contributed by atoms with Gasteiger partial charge in [0.2, 0.25) is 5.82 Å². The molecule has 15 heavy (non-hydrogen) atoms. The molecule has 8 heteroatoms. The summed E-state index contributed by atoms with van der Waals surface area (Å²) in [4.78, 5) is 25.4. The highest BCUT2D eigenvalue weighted by Crippen LogP contribution is 2.24. The number of aromatic nitrogens is 2. The van der Waals surface area contributed by atoms with E-state index in [9.17, 15) is 22.8 Å². The molecular weight excluding hydrogens is 217 g/mol. The third-order valence-corrected chi connectivity index (χ3v) is 1.40. The van der Waals surface area contributed by atoms with Gasteiger partial charge < -0.3 is 10.1 Å². The molecule has 0 aliphatic carbocycles. The van der Waals surface area contributed by atoms with Crippen LogP contribution in [-0.4, -0.2) is 21.0 Å². The van der Waals surface area contributed by atoms with Crippen molar-refractivity contribution in [1.82, 2.24) is 9.97 Å². The minimum absolute atomic E-state index is 0.432. The van der Waals surface area contributed by atoms with Gasteiger partial charge in [-0.3, -0.25) is 9.59 Å². The fourth-order valence-electron chi connectivity index (χ4n) is 0.888. The van der Waals surface area contributed by atoms with Gasteiger partial charge in [-0.05, 0) is 0 Å². The molecule has 2 N–H and O–H groups in total. The number of alkyl halides is 3. The number of hydrogen-bond acceptors (Lipinski definition) is 3. The lowest BCUT2D eigenvalue weighted by Crippen LogP contribution is -2.20. The molecule has 0 amide bonds. The van der Waals surface area contributed by atoms with Crippen molar-refractivity contribution in [3.8, 4) is 0 Å². The number of halogens is 3. The summed E-state index contributed by atoms with van der Waals surface area (Å²) in [5.74, 6) is -2.85. The number of nitrogens with zero attached hydrogens (tertiary/aromatic N) is 1.